The summed E-state index contributed by atoms with van der Waals surface area (Å²) < 4.78 is 0. The van der Waals surface area contributed by atoms with Crippen LogP contribution in [0, 0.1) is 13.8 Å². The van der Waals surface area contributed by atoms with Crippen LogP contribution in [0.1, 0.15) is 35.6 Å². The minimum Gasteiger partial charge on any atom is -0.361 e. The summed E-state index contributed by atoms with van der Waals surface area (Å²) in [6, 6.07) is 15.0. The minimum absolute atomic E-state index is 0.327. The molecule has 2 aromatic carbocycles. The van der Waals surface area contributed by atoms with E-state index in [4.69, 9.17) is 23.8 Å². The van der Waals surface area contributed by atoms with Crippen LogP contribution < -0.4 is 10.6 Å². The Labute approximate surface area is 166 Å². The number of rotatable bonds is 5. The Bertz CT molecular complexity index is 734. The molecule has 3 rings (SSSR count). The zero-order valence-electron chi connectivity index (χ0n) is 15.4. The summed E-state index contributed by atoms with van der Waals surface area (Å²) in [6.45, 7) is 7.15. The van der Waals surface area contributed by atoms with Gasteiger partial charge in [0.25, 0.3) is 0 Å². The monoisotopic (exact) mass is 387 g/mol. The molecule has 1 saturated heterocycles. The number of anilines is 1. The van der Waals surface area contributed by atoms with E-state index in [1.54, 1.807) is 0 Å². The van der Waals surface area contributed by atoms with Crippen molar-refractivity contribution in [3.8, 4) is 0 Å². The molecule has 1 aliphatic rings. The first-order chi connectivity index (χ1) is 12.5. The van der Waals surface area contributed by atoms with Crippen LogP contribution in [0.25, 0.3) is 0 Å². The number of aryl methyl sites for hydroxylation is 2. The van der Waals surface area contributed by atoms with Crippen LogP contribution in [0.5, 0.6) is 0 Å². The van der Waals surface area contributed by atoms with Gasteiger partial charge in [0.2, 0.25) is 0 Å². The van der Waals surface area contributed by atoms with Crippen molar-refractivity contribution < 1.29 is 0 Å². The third-order valence-corrected chi connectivity index (χ3v) is 5.44. The Morgan fingerprint density at radius 2 is 1.85 bits per heavy atom. The summed E-state index contributed by atoms with van der Waals surface area (Å²) in [4.78, 5) is 2.54. The van der Waals surface area contributed by atoms with E-state index in [1.165, 1.54) is 18.4 Å². The normalized spacial score (nSPS) is 15.7. The number of hydrogen-bond donors (Lipinski definition) is 2. The minimum atomic E-state index is 0.327. The van der Waals surface area contributed by atoms with Crippen molar-refractivity contribution in [1.29, 1.82) is 0 Å². The van der Waals surface area contributed by atoms with Gasteiger partial charge in [0.15, 0.2) is 5.11 Å². The van der Waals surface area contributed by atoms with Crippen molar-refractivity contribution in [3.63, 3.8) is 0 Å². The van der Waals surface area contributed by atoms with Crippen molar-refractivity contribution in [2.24, 2.45) is 0 Å². The second kappa shape index (κ2) is 8.85. The summed E-state index contributed by atoms with van der Waals surface area (Å²) >= 11 is 11.9. The van der Waals surface area contributed by atoms with Gasteiger partial charge in [-0.3, -0.25) is 4.90 Å². The standard InChI is InChI=1S/C21H26ClN3S/c1-15-12-16(2)20(18(22)13-15)24-21(26)23-14-19(25-10-6-7-11-25)17-8-4-3-5-9-17/h3-5,8-9,12-13,19H,6-7,10-11,14H2,1-2H3,(H2,23,24,26)/t19-/m1/s1. The van der Waals surface area contributed by atoms with Crippen LogP contribution >= 0.6 is 23.8 Å². The lowest BCUT2D eigenvalue weighted by molar-refractivity contribution is 0.246. The van der Waals surface area contributed by atoms with Crippen LogP contribution in [0.15, 0.2) is 42.5 Å². The van der Waals surface area contributed by atoms with E-state index in [1.807, 2.05) is 19.9 Å². The molecule has 0 radical (unpaired) electrons. The van der Waals surface area contributed by atoms with E-state index in [0.29, 0.717) is 16.2 Å². The maximum atomic E-state index is 6.38. The van der Waals surface area contributed by atoms with Crippen molar-refractivity contribution in [2.75, 3.05) is 25.0 Å². The Balaban J connectivity index is 1.66. The van der Waals surface area contributed by atoms with Gasteiger partial charge < -0.3 is 10.6 Å². The summed E-state index contributed by atoms with van der Waals surface area (Å²) in [5.41, 5.74) is 4.45. The van der Waals surface area contributed by atoms with Crippen molar-refractivity contribution in [1.82, 2.24) is 10.2 Å². The highest BCUT2D eigenvalue weighted by Gasteiger charge is 2.23. The van der Waals surface area contributed by atoms with Crippen molar-refractivity contribution in [2.45, 2.75) is 32.7 Å². The molecule has 1 aliphatic heterocycles. The molecule has 0 amide bonds. The summed E-state index contributed by atoms with van der Waals surface area (Å²) in [5.74, 6) is 0. The van der Waals surface area contributed by atoms with E-state index in [-0.39, 0.29) is 0 Å². The average Bonchev–Trinajstić information content (AvgIpc) is 3.13. The average molecular weight is 388 g/mol. The van der Waals surface area contributed by atoms with Gasteiger partial charge in [0.1, 0.15) is 0 Å². The van der Waals surface area contributed by atoms with Crippen LogP contribution in [0.4, 0.5) is 5.69 Å². The van der Waals surface area contributed by atoms with Gasteiger partial charge in [-0.1, -0.05) is 48.0 Å². The molecule has 3 nitrogen and oxygen atoms in total. The molecular formula is C21H26ClN3S. The van der Waals surface area contributed by atoms with Crippen LogP contribution in [-0.4, -0.2) is 29.6 Å². The molecule has 0 aliphatic carbocycles. The molecule has 1 atom stereocenters. The fourth-order valence-electron chi connectivity index (χ4n) is 3.61. The van der Waals surface area contributed by atoms with Crippen LogP contribution in [0.2, 0.25) is 5.02 Å². The smallest absolute Gasteiger partial charge is 0.170 e. The third-order valence-electron chi connectivity index (χ3n) is 4.89. The zero-order chi connectivity index (χ0) is 18.5. The summed E-state index contributed by atoms with van der Waals surface area (Å²) in [7, 11) is 0. The largest absolute Gasteiger partial charge is 0.361 e. The number of thiocarbonyl (C=S) groups is 1. The lowest BCUT2D eigenvalue weighted by Crippen LogP contribution is -2.38. The quantitative estimate of drug-likeness (QED) is 0.699. The first kappa shape index (κ1) is 19.2. The van der Waals surface area contributed by atoms with Crippen LogP contribution in [0.3, 0.4) is 0 Å². The lowest BCUT2D eigenvalue weighted by atomic mass is 10.1. The highest BCUT2D eigenvalue weighted by Crippen LogP contribution is 2.28. The highest BCUT2D eigenvalue weighted by atomic mass is 35.5. The van der Waals surface area contributed by atoms with Gasteiger partial charge in [0.05, 0.1) is 16.8 Å². The van der Waals surface area contributed by atoms with Gasteiger partial charge in [-0.05, 0) is 74.8 Å². The number of hydrogen-bond acceptors (Lipinski definition) is 2. The zero-order valence-corrected chi connectivity index (χ0v) is 17.0. The highest BCUT2D eigenvalue weighted by molar-refractivity contribution is 7.80. The van der Waals surface area contributed by atoms with E-state index in [2.05, 4.69) is 51.9 Å². The molecule has 1 heterocycles. The molecule has 0 spiro atoms. The van der Waals surface area contributed by atoms with Crippen LogP contribution in [-0.2, 0) is 0 Å². The molecule has 1 fully saturated rings. The Morgan fingerprint density at radius 1 is 1.15 bits per heavy atom. The second-order valence-corrected chi connectivity index (χ2v) is 7.76. The number of nitrogens with one attached hydrogen (secondary N) is 2. The molecule has 2 N–H and O–H groups in total. The molecular weight excluding hydrogens is 362 g/mol. The maximum Gasteiger partial charge on any atom is 0.170 e. The van der Waals surface area contributed by atoms with Gasteiger partial charge >= 0.3 is 0 Å². The van der Waals surface area contributed by atoms with Crippen molar-refractivity contribution >= 4 is 34.6 Å². The Morgan fingerprint density at radius 3 is 2.50 bits per heavy atom. The number of halogens is 1. The SMILES string of the molecule is Cc1cc(C)c(NC(=S)NC[C@H](c2ccccc2)N2CCCC2)c(Cl)c1. The lowest BCUT2D eigenvalue weighted by Gasteiger charge is -2.29. The van der Waals surface area contributed by atoms with Gasteiger partial charge in [0, 0.05) is 6.54 Å². The Hall–Kier alpha value is -1.62. The Kier molecular flexibility index (Phi) is 6.52. The number of nitrogens with zero attached hydrogens (tertiary/aromatic N) is 1. The molecule has 26 heavy (non-hydrogen) atoms. The second-order valence-electron chi connectivity index (χ2n) is 6.94. The maximum absolute atomic E-state index is 6.38. The van der Waals surface area contributed by atoms with E-state index < -0.39 is 0 Å². The van der Waals surface area contributed by atoms with Gasteiger partial charge in [-0.2, -0.15) is 0 Å². The fourth-order valence-corrected chi connectivity index (χ4v) is 4.16. The molecule has 138 valence electrons. The molecule has 0 unspecified atom stereocenters. The summed E-state index contributed by atoms with van der Waals surface area (Å²) in [6.07, 6.45) is 2.54. The molecule has 0 saturated carbocycles. The fraction of sp³-hybridized carbons (Fsp3) is 0.381. The molecule has 0 bridgehead atoms. The first-order valence-corrected chi connectivity index (χ1v) is 9.94. The molecule has 2 aromatic rings. The van der Waals surface area contributed by atoms with Crippen molar-refractivity contribution in [3.05, 3.63) is 64.2 Å². The molecule has 0 aromatic heterocycles. The summed E-state index contributed by atoms with van der Waals surface area (Å²) in [5, 5.41) is 7.98. The molecule has 5 heteroatoms. The number of likely N-dealkylation sites (tertiary alicyclic amines) is 1. The van der Waals surface area contributed by atoms with E-state index in [0.717, 1.165) is 36.4 Å². The van der Waals surface area contributed by atoms with E-state index in [9.17, 15) is 0 Å². The van der Waals surface area contributed by atoms with Gasteiger partial charge in [-0.15, -0.1) is 0 Å². The predicted molar refractivity (Wildman–Crippen MR) is 115 cm³/mol. The topological polar surface area (TPSA) is 27.3 Å². The van der Waals surface area contributed by atoms with Gasteiger partial charge in [-0.25, -0.2) is 0 Å². The predicted octanol–water partition coefficient (Wildman–Crippen LogP) is 5.08. The first-order valence-electron chi connectivity index (χ1n) is 9.15. The number of benzene rings is 2. The third kappa shape index (κ3) is 4.76. The van der Waals surface area contributed by atoms with E-state index >= 15 is 0 Å².